The lowest BCUT2D eigenvalue weighted by Crippen LogP contribution is -2.16. The van der Waals surface area contributed by atoms with Gasteiger partial charge in [-0.15, -0.1) is 0 Å². The van der Waals surface area contributed by atoms with Crippen LogP contribution >= 0.6 is 15.9 Å². The van der Waals surface area contributed by atoms with Crippen LogP contribution in [0.15, 0.2) is 71.2 Å². The Morgan fingerprint density at radius 1 is 0.667 bits per heavy atom. The van der Waals surface area contributed by atoms with Gasteiger partial charge in [0.25, 0.3) is 0 Å². The fourth-order valence-corrected chi connectivity index (χ4v) is 5.09. The summed E-state index contributed by atoms with van der Waals surface area (Å²) in [7, 11) is 0. The fraction of sp³-hybridized carbons (Fsp3) is 0.130. The van der Waals surface area contributed by atoms with E-state index in [0.29, 0.717) is 0 Å². The van der Waals surface area contributed by atoms with Crippen molar-refractivity contribution >= 4 is 37.5 Å². The van der Waals surface area contributed by atoms with Crippen molar-refractivity contribution in [2.24, 2.45) is 0 Å². The second kappa shape index (κ2) is 4.70. The van der Waals surface area contributed by atoms with E-state index in [9.17, 15) is 0 Å². The molecule has 24 heavy (non-hydrogen) atoms. The molecule has 0 radical (unpaired) electrons. The average Bonchev–Trinajstić information content (AvgIpc) is 2.83. The van der Waals surface area contributed by atoms with E-state index in [4.69, 9.17) is 0 Å². The maximum absolute atomic E-state index is 3.79. The summed E-state index contributed by atoms with van der Waals surface area (Å²) in [5, 5.41) is 5.34. The van der Waals surface area contributed by atoms with Crippen LogP contribution in [0.2, 0.25) is 0 Å². The van der Waals surface area contributed by atoms with Gasteiger partial charge in [0, 0.05) is 9.89 Å². The molecule has 0 aliphatic heterocycles. The SMILES string of the molecule is CC1(C)c2c(ccc3ccccc23)-c2cc(Br)c3ccccc3c21. The van der Waals surface area contributed by atoms with Crippen LogP contribution in [0.25, 0.3) is 32.7 Å². The first-order chi connectivity index (χ1) is 11.6. The van der Waals surface area contributed by atoms with Gasteiger partial charge in [0.05, 0.1) is 0 Å². The molecule has 1 aliphatic rings. The van der Waals surface area contributed by atoms with Crippen molar-refractivity contribution in [1.29, 1.82) is 0 Å². The molecule has 0 spiro atoms. The second-order valence-electron chi connectivity index (χ2n) is 7.16. The third-order valence-electron chi connectivity index (χ3n) is 5.46. The zero-order valence-corrected chi connectivity index (χ0v) is 15.3. The summed E-state index contributed by atoms with van der Waals surface area (Å²) < 4.78 is 1.17. The van der Waals surface area contributed by atoms with Crippen LogP contribution in [0.4, 0.5) is 0 Å². The Morgan fingerprint density at radius 3 is 2.08 bits per heavy atom. The molecule has 0 heterocycles. The Hall–Kier alpha value is -2.12. The van der Waals surface area contributed by atoms with Crippen LogP contribution in [-0.2, 0) is 5.41 Å². The molecule has 0 aromatic heterocycles. The highest BCUT2D eigenvalue weighted by atomic mass is 79.9. The zero-order chi connectivity index (χ0) is 16.5. The Kier molecular flexibility index (Phi) is 2.79. The Labute approximate surface area is 150 Å². The second-order valence-corrected chi connectivity index (χ2v) is 8.02. The molecule has 4 aromatic rings. The molecular formula is C23H17Br. The maximum atomic E-state index is 3.79. The van der Waals surface area contributed by atoms with Gasteiger partial charge in [-0.1, -0.05) is 90.4 Å². The van der Waals surface area contributed by atoms with Gasteiger partial charge in [-0.05, 0) is 49.9 Å². The van der Waals surface area contributed by atoms with E-state index in [2.05, 4.69) is 96.5 Å². The normalized spacial score (nSPS) is 14.8. The molecule has 116 valence electrons. The fourth-order valence-electron chi connectivity index (χ4n) is 4.51. The Bertz CT molecular complexity index is 1140. The lowest BCUT2D eigenvalue weighted by atomic mass is 9.78. The van der Waals surface area contributed by atoms with Gasteiger partial charge in [-0.2, -0.15) is 0 Å². The maximum Gasteiger partial charge on any atom is 0.0260 e. The number of halogens is 1. The van der Waals surface area contributed by atoms with Gasteiger partial charge in [-0.25, -0.2) is 0 Å². The smallest absolute Gasteiger partial charge is 0.0260 e. The van der Waals surface area contributed by atoms with E-state index < -0.39 is 0 Å². The van der Waals surface area contributed by atoms with Crippen molar-refractivity contribution < 1.29 is 0 Å². The largest absolute Gasteiger partial charge is 0.0616 e. The molecule has 0 unspecified atom stereocenters. The van der Waals surface area contributed by atoms with Crippen LogP contribution < -0.4 is 0 Å². The molecule has 0 saturated carbocycles. The number of benzene rings is 4. The summed E-state index contributed by atoms with van der Waals surface area (Å²) in [6.07, 6.45) is 0. The molecule has 0 N–H and O–H groups in total. The highest BCUT2D eigenvalue weighted by Crippen LogP contribution is 2.54. The van der Waals surface area contributed by atoms with E-state index in [1.165, 1.54) is 48.3 Å². The molecule has 4 aromatic carbocycles. The van der Waals surface area contributed by atoms with Gasteiger partial charge in [0.1, 0.15) is 0 Å². The monoisotopic (exact) mass is 372 g/mol. The summed E-state index contributed by atoms with van der Waals surface area (Å²) in [5.74, 6) is 0. The third-order valence-corrected chi connectivity index (χ3v) is 6.12. The van der Waals surface area contributed by atoms with Crippen molar-refractivity contribution in [1.82, 2.24) is 0 Å². The van der Waals surface area contributed by atoms with Gasteiger partial charge in [0.15, 0.2) is 0 Å². The molecule has 0 amide bonds. The van der Waals surface area contributed by atoms with E-state index in [-0.39, 0.29) is 5.41 Å². The standard InChI is InChI=1S/C23H17Br/c1-23(2)21-15-8-4-3-7-14(15)11-12-18(21)19-13-20(24)16-9-5-6-10-17(16)22(19)23/h3-13H,1-2H3. The van der Waals surface area contributed by atoms with E-state index in [1.807, 2.05) is 0 Å². The van der Waals surface area contributed by atoms with Gasteiger partial charge >= 0.3 is 0 Å². The van der Waals surface area contributed by atoms with Crippen LogP contribution in [0.5, 0.6) is 0 Å². The minimum atomic E-state index is -0.00810. The van der Waals surface area contributed by atoms with E-state index in [1.54, 1.807) is 0 Å². The van der Waals surface area contributed by atoms with Crippen molar-refractivity contribution in [2.75, 3.05) is 0 Å². The molecule has 0 bridgehead atoms. The van der Waals surface area contributed by atoms with Crippen molar-refractivity contribution in [2.45, 2.75) is 19.3 Å². The molecule has 0 nitrogen and oxygen atoms in total. The highest BCUT2D eigenvalue weighted by Gasteiger charge is 2.38. The first-order valence-electron chi connectivity index (χ1n) is 8.33. The minimum Gasteiger partial charge on any atom is -0.0616 e. The van der Waals surface area contributed by atoms with Crippen LogP contribution in [0.3, 0.4) is 0 Å². The summed E-state index contributed by atoms with van der Waals surface area (Å²) in [5.41, 5.74) is 5.64. The van der Waals surface area contributed by atoms with Crippen molar-refractivity contribution in [3.05, 3.63) is 82.3 Å². The molecule has 0 atom stereocenters. The number of hydrogen-bond donors (Lipinski definition) is 0. The van der Waals surface area contributed by atoms with Crippen molar-refractivity contribution in [3.8, 4) is 11.1 Å². The number of rotatable bonds is 0. The number of hydrogen-bond acceptors (Lipinski definition) is 0. The van der Waals surface area contributed by atoms with Crippen LogP contribution in [0, 0.1) is 0 Å². The number of fused-ring (bicyclic) bond motifs is 7. The van der Waals surface area contributed by atoms with Gasteiger partial charge in [-0.3, -0.25) is 0 Å². The summed E-state index contributed by atoms with van der Waals surface area (Å²) in [4.78, 5) is 0. The van der Waals surface area contributed by atoms with Gasteiger partial charge < -0.3 is 0 Å². The molecule has 1 aliphatic carbocycles. The summed E-state index contributed by atoms with van der Waals surface area (Å²) >= 11 is 3.79. The molecular weight excluding hydrogens is 356 g/mol. The molecule has 0 fully saturated rings. The zero-order valence-electron chi connectivity index (χ0n) is 13.7. The summed E-state index contributed by atoms with van der Waals surface area (Å²) in [6, 6.07) is 24.3. The van der Waals surface area contributed by atoms with E-state index in [0.717, 1.165) is 0 Å². The predicted molar refractivity (Wildman–Crippen MR) is 107 cm³/mol. The van der Waals surface area contributed by atoms with Crippen molar-refractivity contribution in [3.63, 3.8) is 0 Å². The van der Waals surface area contributed by atoms with Crippen LogP contribution in [-0.4, -0.2) is 0 Å². The van der Waals surface area contributed by atoms with E-state index >= 15 is 0 Å². The molecule has 5 rings (SSSR count). The molecule has 1 heteroatoms. The summed E-state index contributed by atoms with van der Waals surface area (Å²) in [6.45, 7) is 4.73. The third kappa shape index (κ3) is 1.68. The van der Waals surface area contributed by atoms with Gasteiger partial charge in [0.2, 0.25) is 0 Å². The first-order valence-corrected chi connectivity index (χ1v) is 9.12. The minimum absolute atomic E-state index is 0.00810. The average molecular weight is 373 g/mol. The lowest BCUT2D eigenvalue weighted by molar-refractivity contribution is 0.672. The quantitative estimate of drug-likeness (QED) is 0.309. The molecule has 0 saturated heterocycles. The lowest BCUT2D eigenvalue weighted by Gasteiger charge is -2.24. The highest BCUT2D eigenvalue weighted by molar-refractivity contribution is 9.10. The Morgan fingerprint density at radius 2 is 1.29 bits per heavy atom. The van der Waals surface area contributed by atoms with Crippen LogP contribution in [0.1, 0.15) is 25.0 Å². The Balaban J connectivity index is 2.01. The predicted octanol–water partition coefficient (Wildman–Crippen LogP) is 7.06. The topological polar surface area (TPSA) is 0 Å². The first kappa shape index (κ1) is 14.2.